The largest absolute Gasteiger partial charge is 0.337 e. The maximum absolute atomic E-state index is 4.10. The molecule has 92 valence electrons. The lowest BCUT2D eigenvalue weighted by Crippen LogP contribution is -2.11. The third kappa shape index (κ3) is 3.67. The summed E-state index contributed by atoms with van der Waals surface area (Å²) in [6.07, 6.45) is 8.62. The molecule has 0 aromatic carbocycles. The molecule has 0 amide bonds. The van der Waals surface area contributed by atoms with Crippen LogP contribution in [-0.4, -0.2) is 31.1 Å². The lowest BCUT2D eigenvalue weighted by molar-refractivity contribution is 0.514. The molecule has 2 aromatic heterocycles. The summed E-state index contributed by atoms with van der Waals surface area (Å²) in [6, 6.07) is 0. The van der Waals surface area contributed by atoms with E-state index in [1.807, 2.05) is 23.4 Å². The number of hydrogen-bond donors (Lipinski definition) is 1. The van der Waals surface area contributed by atoms with Crippen LogP contribution in [0.2, 0.25) is 0 Å². The Morgan fingerprint density at radius 1 is 1.35 bits per heavy atom. The van der Waals surface area contributed by atoms with E-state index in [-0.39, 0.29) is 0 Å². The Bertz CT molecular complexity index is 419. The number of aromatic nitrogens is 5. The number of nitrogens with zero attached hydrogens (tertiary/aromatic N) is 5. The second-order valence-electron chi connectivity index (χ2n) is 3.91. The minimum Gasteiger partial charge on any atom is -0.337 e. The summed E-state index contributed by atoms with van der Waals surface area (Å²) in [4.78, 5) is 4.01. The molecule has 2 rings (SSSR count). The summed E-state index contributed by atoms with van der Waals surface area (Å²) in [5.74, 6) is 0. The van der Waals surface area contributed by atoms with Crippen LogP contribution in [0.1, 0.15) is 19.0 Å². The Balaban J connectivity index is 1.73. The smallest absolute Gasteiger partial charge is 0.0964 e. The topological polar surface area (TPSA) is 60.6 Å². The van der Waals surface area contributed by atoms with E-state index in [0.29, 0.717) is 0 Å². The first-order valence-electron chi connectivity index (χ1n) is 5.94. The summed E-state index contributed by atoms with van der Waals surface area (Å²) < 4.78 is 3.96. The minimum absolute atomic E-state index is 0.790. The van der Waals surface area contributed by atoms with Crippen molar-refractivity contribution < 1.29 is 0 Å². The van der Waals surface area contributed by atoms with Crippen molar-refractivity contribution >= 4 is 0 Å². The van der Waals surface area contributed by atoms with Crippen molar-refractivity contribution in [3.63, 3.8) is 0 Å². The Morgan fingerprint density at radius 2 is 2.29 bits per heavy atom. The molecule has 0 radical (unpaired) electrons. The van der Waals surface area contributed by atoms with Gasteiger partial charge in [-0.3, -0.25) is 4.68 Å². The molecule has 6 nitrogen and oxygen atoms in total. The van der Waals surface area contributed by atoms with E-state index in [1.54, 1.807) is 6.20 Å². The molecule has 0 aliphatic carbocycles. The van der Waals surface area contributed by atoms with Crippen molar-refractivity contribution in [3.8, 4) is 0 Å². The van der Waals surface area contributed by atoms with Gasteiger partial charge >= 0.3 is 0 Å². The average Bonchev–Trinajstić information content (AvgIpc) is 2.98. The molecule has 0 spiro atoms. The number of aryl methyl sites for hydroxylation is 2. The predicted octanol–water partition coefficient (Wildman–Crippen LogP) is 0.674. The van der Waals surface area contributed by atoms with Crippen molar-refractivity contribution in [2.24, 2.45) is 0 Å². The van der Waals surface area contributed by atoms with E-state index in [9.17, 15) is 0 Å². The molecule has 0 saturated carbocycles. The first-order valence-corrected chi connectivity index (χ1v) is 5.94. The normalized spacial score (nSPS) is 10.9. The van der Waals surface area contributed by atoms with Crippen LogP contribution in [0.15, 0.2) is 24.9 Å². The molecule has 0 aliphatic heterocycles. The molecule has 2 aromatic rings. The summed E-state index contributed by atoms with van der Waals surface area (Å²) in [6.45, 7) is 5.67. The number of hydrogen-bond acceptors (Lipinski definition) is 4. The van der Waals surface area contributed by atoms with Crippen LogP contribution in [0, 0.1) is 0 Å². The predicted molar refractivity (Wildman–Crippen MR) is 64.2 cm³/mol. The van der Waals surface area contributed by atoms with Crippen molar-refractivity contribution in [1.29, 1.82) is 0 Å². The number of imidazole rings is 1. The molecular weight excluding hydrogens is 216 g/mol. The second kappa shape index (κ2) is 6.15. The first kappa shape index (κ1) is 11.8. The lowest BCUT2D eigenvalue weighted by Gasteiger charge is -2.01. The van der Waals surface area contributed by atoms with Crippen LogP contribution in [0.3, 0.4) is 0 Å². The monoisotopic (exact) mass is 234 g/mol. The third-order valence-electron chi connectivity index (χ3n) is 2.50. The maximum Gasteiger partial charge on any atom is 0.0964 e. The van der Waals surface area contributed by atoms with Gasteiger partial charge in [0.15, 0.2) is 0 Å². The summed E-state index contributed by atoms with van der Waals surface area (Å²) in [7, 11) is 0. The van der Waals surface area contributed by atoms with Crippen LogP contribution in [0.4, 0.5) is 0 Å². The standard InChI is InChI=1S/C11H18N6/c1-2-12-8-11-9-17(15-14-11)6-3-5-16-7-4-13-10-16/h4,7,9-10,12H,2-3,5-6,8H2,1H3. The van der Waals surface area contributed by atoms with E-state index in [4.69, 9.17) is 0 Å². The second-order valence-corrected chi connectivity index (χ2v) is 3.91. The van der Waals surface area contributed by atoms with E-state index < -0.39 is 0 Å². The highest BCUT2D eigenvalue weighted by Crippen LogP contribution is 1.97. The summed E-state index contributed by atoms with van der Waals surface area (Å²) >= 11 is 0. The zero-order valence-corrected chi connectivity index (χ0v) is 10.1. The Hall–Kier alpha value is -1.69. The van der Waals surface area contributed by atoms with Gasteiger partial charge in [0, 0.05) is 38.2 Å². The zero-order chi connectivity index (χ0) is 11.9. The van der Waals surface area contributed by atoms with E-state index >= 15 is 0 Å². The molecule has 6 heteroatoms. The zero-order valence-electron chi connectivity index (χ0n) is 10.1. The van der Waals surface area contributed by atoms with Gasteiger partial charge in [-0.2, -0.15) is 0 Å². The van der Waals surface area contributed by atoms with Crippen LogP contribution < -0.4 is 5.32 Å². The Kier molecular flexibility index (Phi) is 4.26. The highest BCUT2D eigenvalue weighted by atomic mass is 15.4. The molecule has 0 atom stereocenters. The van der Waals surface area contributed by atoms with Crippen molar-refractivity contribution in [2.45, 2.75) is 33.0 Å². The van der Waals surface area contributed by atoms with Gasteiger partial charge < -0.3 is 9.88 Å². The van der Waals surface area contributed by atoms with Crippen LogP contribution in [0.25, 0.3) is 0 Å². The van der Waals surface area contributed by atoms with Crippen LogP contribution in [0.5, 0.6) is 0 Å². The molecule has 0 unspecified atom stereocenters. The molecule has 0 aliphatic rings. The lowest BCUT2D eigenvalue weighted by atomic mass is 10.4. The first-order chi connectivity index (χ1) is 8.38. The van der Waals surface area contributed by atoms with E-state index in [1.165, 1.54) is 0 Å². The van der Waals surface area contributed by atoms with Crippen molar-refractivity contribution in [1.82, 2.24) is 29.9 Å². The molecule has 17 heavy (non-hydrogen) atoms. The van der Waals surface area contributed by atoms with E-state index in [0.717, 1.165) is 38.3 Å². The molecule has 0 bridgehead atoms. The van der Waals surface area contributed by atoms with Crippen molar-refractivity contribution in [2.75, 3.05) is 6.54 Å². The average molecular weight is 234 g/mol. The highest BCUT2D eigenvalue weighted by Gasteiger charge is 1.99. The van der Waals surface area contributed by atoms with Gasteiger partial charge in [0.2, 0.25) is 0 Å². The quantitative estimate of drug-likeness (QED) is 0.765. The summed E-state index contributed by atoms with van der Waals surface area (Å²) in [5.41, 5.74) is 0.995. The third-order valence-corrected chi connectivity index (χ3v) is 2.50. The fourth-order valence-corrected chi connectivity index (χ4v) is 1.62. The number of rotatable bonds is 7. The fourth-order valence-electron chi connectivity index (χ4n) is 1.62. The Morgan fingerprint density at radius 3 is 3.06 bits per heavy atom. The van der Waals surface area contributed by atoms with Gasteiger partial charge in [0.25, 0.3) is 0 Å². The fraction of sp³-hybridized carbons (Fsp3) is 0.545. The van der Waals surface area contributed by atoms with Gasteiger partial charge in [-0.05, 0) is 13.0 Å². The van der Waals surface area contributed by atoms with Gasteiger partial charge in [0.1, 0.15) is 0 Å². The van der Waals surface area contributed by atoms with E-state index in [2.05, 4.69) is 32.1 Å². The SMILES string of the molecule is CCNCc1cn(CCCn2ccnc2)nn1. The van der Waals surface area contributed by atoms with Gasteiger partial charge in [-0.1, -0.05) is 12.1 Å². The van der Waals surface area contributed by atoms with Crippen LogP contribution in [-0.2, 0) is 19.6 Å². The molecule has 0 saturated heterocycles. The Labute approximate surface area is 101 Å². The molecule has 2 heterocycles. The van der Waals surface area contributed by atoms with Gasteiger partial charge in [-0.15, -0.1) is 5.10 Å². The molecule has 1 N–H and O–H groups in total. The maximum atomic E-state index is 4.10. The van der Waals surface area contributed by atoms with Crippen LogP contribution >= 0.6 is 0 Å². The minimum atomic E-state index is 0.790. The van der Waals surface area contributed by atoms with Gasteiger partial charge in [-0.25, -0.2) is 4.98 Å². The molecule has 0 fully saturated rings. The number of nitrogens with one attached hydrogen (secondary N) is 1. The summed E-state index contributed by atoms with van der Waals surface area (Å²) in [5, 5.41) is 11.4. The van der Waals surface area contributed by atoms with Crippen molar-refractivity contribution in [3.05, 3.63) is 30.6 Å². The molecular formula is C11H18N6. The highest BCUT2D eigenvalue weighted by molar-refractivity contribution is 4.91. The van der Waals surface area contributed by atoms with Gasteiger partial charge in [0.05, 0.1) is 12.0 Å².